The average molecular weight is 334 g/mol. The molecule has 1 aliphatic rings. The van der Waals surface area contributed by atoms with Crippen molar-refractivity contribution in [2.24, 2.45) is 0 Å². The summed E-state index contributed by atoms with van der Waals surface area (Å²) in [5.41, 5.74) is 2.20. The summed E-state index contributed by atoms with van der Waals surface area (Å²) in [6.07, 6.45) is 0. The molecule has 0 fully saturated rings. The van der Waals surface area contributed by atoms with Crippen molar-refractivity contribution in [3.05, 3.63) is 41.1 Å². The molecule has 0 radical (unpaired) electrons. The number of para-hydroxylation sites is 1. The van der Waals surface area contributed by atoms with E-state index in [2.05, 4.69) is 5.32 Å². The molecule has 124 valence electrons. The third kappa shape index (κ3) is 3.47. The second-order valence-electron chi connectivity index (χ2n) is 5.13. The van der Waals surface area contributed by atoms with E-state index in [0.29, 0.717) is 23.9 Å². The van der Waals surface area contributed by atoms with E-state index in [1.807, 2.05) is 45.2 Å². The van der Waals surface area contributed by atoms with E-state index in [4.69, 9.17) is 21.7 Å². The molecule has 2 rings (SSSR count). The third-order valence-corrected chi connectivity index (χ3v) is 4.17. The van der Waals surface area contributed by atoms with Crippen molar-refractivity contribution in [2.75, 3.05) is 20.3 Å². The first kappa shape index (κ1) is 17.3. The minimum absolute atomic E-state index is 0.323. The molecule has 1 aromatic carbocycles. The Morgan fingerprint density at radius 3 is 2.65 bits per heavy atom. The van der Waals surface area contributed by atoms with Crippen LogP contribution in [0.4, 0.5) is 0 Å². The van der Waals surface area contributed by atoms with Gasteiger partial charge in [0, 0.05) is 18.3 Å². The fraction of sp³-hybridized carbons (Fsp3) is 0.412. The second kappa shape index (κ2) is 7.46. The Kier molecular flexibility index (Phi) is 5.60. The summed E-state index contributed by atoms with van der Waals surface area (Å²) >= 11 is 5.38. The highest BCUT2D eigenvalue weighted by molar-refractivity contribution is 7.80. The summed E-state index contributed by atoms with van der Waals surface area (Å²) in [5, 5.41) is 3.78. The van der Waals surface area contributed by atoms with E-state index in [0.717, 1.165) is 17.0 Å². The molecule has 1 aromatic rings. The van der Waals surface area contributed by atoms with Gasteiger partial charge in [0.05, 0.1) is 24.8 Å². The van der Waals surface area contributed by atoms with Gasteiger partial charge < -0.3 is 19.7 Å². The zero-order chi connectivity index (χ0) is 17.0. The lowest BCUT2D eigenvalue weighted by molar-refractivity contribution is -0.139. The lowest BCUT2D eigenvalue weighted by Crippen LogP contribution is -2.46. The molecule has 0 saturated heterocycles. The highest BCUT2D eigenvalue weighted by Crippen LogP contribution is 2.35. The van der Waals surface area contributed by atoms with E-state index in [1.54, 1.807) is 11.8 Å². The van der Waals surface area contributed by atoms with Crippen LogP contribution in [0.25, 0.3) is 0 Å². The number of allylic oxidation sites excluding steroid dienone is 1. The standard InChI is InChI=1S/C17H22N2O3S/c1-5-21-13-10-8-7-9-12(13)15-14(16(20)22-6-2)11(3)19(4)17(23)18-15/h7-10,15H,5-6H2,1-4H3,(H,18,23). The molecule has 1 atom stereocenters. The van der Waals surface area contributed by atoms with E-state index in [1.165, 1.54) is 0 Å². The SMILES string of the molecule is CCOC(=O)C1=C(C)N(C)C(=S)NC1c1ccccc1OCC. The normalized spacial score (nSPS) is 17.8. The monoisotopic (exact) mass is 334 g/mol. The Morgan fingerprint density at radius 1 is 1.30 bits per heavy atom. The molecule has 0 aromatic heterocycles. The minimum atomic E-state index is -0.388. The molecular formula is C17H22N2O3S. The van der Waals surface area contributed by atoms with Crippen LogP contribution in [-0.2, 0) is 9.53 Å². The zero-order valence-corrected chi connectivity index (χ0v) is 14.7. The van der Waals surface area contributed by atoms with Crippen molar-refractivity contribution < 1.29 is 14.3 Å². The molecule has 0 spiro atoms. The van der Waals surface area contributed by atoms with Gasteiger partial charge >= 0.3 is 5.97 Å². The Morgan fingerprint density at radius 2 is 2.00 bits per heavy atom. The van der Waals surface area contributed by atoms with Crippen LogP contribution in [0, 0.1) is 0 Å². The molecule has 0 aliphatic carbocycles. The van der Waals surface area contributed by atoms with Gasteiger partial charge in [0.25, 0.3) is 0 Å². The molecule has 1 N–H and O–H groups in total. The molecule has 5 nitrogen and oxygen atoms in total. The predicted molar refractivity (Wildman–Crippen MR) is 93.2 cm³/mol. The number of hydrogen-bond donors (Lipinski definition) is 1. The van der Waals surface area contributed by atoms with Crippen LogP contribution in [-0.4, -0.2) is 36.2 Å². The van der Waals surface area contributed by atoms with Gasteiger partial charge in [-0.3, -0.25) is 0 Å². The quantitative estimate of drug-likeness (QED) is 0.660. The molecule has 1 heterocycles. The molecule has 0 saturated carbocycles. The first-order valence-electron chi connectivity index (χ1n) is 7.65. The first-order valence-corrected chi connectivity index (χ1v) is 8.05. The number of nitrogens with zero attached hydrogens (tertiary/aromatic N) is 1. The summed E-state index contributed by atoms with van der Waals surface area (Å²) in [6, 6.07) is 7.25. The maximum Gasteiger partial charge on any atom is 0.338 e. The maximum absolute atomic E-state index is 12.5. The summed E-state index contributed by atoms with van der Waals surface area (Å²) in [4.78, 5) is 14.3. The van der Waals surface area contributed by atoms with Gasteiger partial charge in [-0.25, -0.2) is 4.79 Å². The lowest BCUT2D eigenvalue weighted by Gasteiger charge is -2.35. The predicted octanol–water partition coefficient (Wildman–Crippen LogP) is 2.78. The summed E-state index contributed by atoms with van der Waals surface area (Å²) in [5.74, 6) is 0.387. The van der Waals surface area contributed by atoms with Gasteiger partial charge in [-0.2, -0.15) is 0 Å². The smallest absolute Gasteiger partial charge is 0.338 e. The van der Waals surface area contributed by atoms with Crippen LogP contribution in [0.2, 0.25) is 0 Å². The van der Waals surface area contributed by atoms with Crippen LogP contribution < -0.4 is 10.1 Å². The Balaban J connectivity index is 2.54. The van der Waals surface area contributed by atoms with Crippen molar-refractivity contribution in [1.29, 1.82) is 0 Å². The minimum Gasteiger partial charge on any atom is -0.494 e. The Bertz CT molecular complexity index is 642. The molecule has 6 heteroatoms. The number of ether oxygens (including phenoxy) is 2. The van der Waals surface area contributed by atoms with Crippen LogP contribution in [0.3, 0.4) is 0 Å². The van der Waals surface area contributed by atoms with Crippen molar-refractivity contribution >= 4 is 23.3 Å². The van der Waals surface area contributed by atoms with E-state index < -0.39 is 0 Å². The van der Waals surface area contributed by atoms with Crippen LogP contribution in [0.5, 0.6) is 5.75 Å². The number of esters is 1. The van der Waals surface area contributed by atoms with Gasteiger partial charge in [0.15, 0.2) is 5.11 Å². The van der Waals surface area contributed by atoms with Crippen molar-refractivity contribution in [1.82, 2.24) is 10.2 Å². The number of thiocarbonyl (C=S) groups is 1. The van der Waals surface area contributed by atoms with Crippen LogP contribution in [0.1, 0.15) is 32.4 Å². The molecule has 1 unspecified atom stereocenters. The van der Waals surface area contributed by atoms with Gasteiger partial charge in [0.1, 0.15) is 5.75 Å². The molecule has 0 amide bonds. The number of benzene rings is 1. The number of carbonyl (C=O) groups is 1. The number of nitrogens with one attached hydrogen (secondary N) is 1. The number of rotatable bonds is 5. The highest BCUT2D eigenvalue weighted by Gasteiger charge is 2.34. The topological polar surface area (TPSA) is 50.8 Å². The van der Waals surface area contributed by atoms with Crippen molar-refractivity contribution in [3.63, 3.8) is 0 Å². The summed E-state index contributed by atoms with van der Waals surface area (Å²) in [6.45, 7) is 6.46. The van der Waals surface area contributed by atoms with Crippen molar-refractivity contribution in [2.45, 2.75) is 26.8 Å². The second-order valence-corrected chi connectivity index (χ2v) is 5.52. The van der Waals surface area contributed by atoms with Gasteiger partial charge in [-0.05, 0) is 39.1 Å². The van der Waals surface area contributed by atoms with Crippen LogP contribution >= 0.6 is 12.2 Å². The zero-order valence-electron chi connectivity index (χ0n) is 13.9. The van der Waals surface area contributed by atoms with Gasteiger partial charge in [-0.1, -0.05) is 18.2 Å². The summed E-state index contributed by atoms with van der Waals surface area (Å²) in [7, 11) is 1.83. The Hall–Kier alpha value is -2.08. The first-order chi connectivity index (χ1) is 11.0. The molecule has 0 bridgehead atoms. The summed E-state index contributed by atoms with van der Waals surface area (Å²) < 4.78 is 10.9. The van der Waals surface area contributed by atoms with Gasteiger partial charge in [-0.15, -0.1) is 0 Å². The fourth-order valence-electron chi connectivity index (χ4n) is 2.55. The fourth-order valence-corrected chi connectivity index (χ4v) is 2.80. The van der Waals surface area contributed by atoms with E-state index in [9.17, 15) is 4.79 Å². The number of carbonyl (C=O) groups excluding carboxylic acids is 1. The highest BCUT2D eigenvalue weighted by atomic mass is 32.1. The molecule has 1 aliphatic heterocycles. The molecular weight excluding hydrogens is 312 g/mol. The Labute approximate surface area is 142 Å². The molecule has 23 heavy (non-hydrogen) atoms. The van der Waals surface area contributed by atoms with Gasteiger partial charge in [0.2, 0.25) is 0 Å². The maximum atomic E-state index is 12.5. The van der Waals surface area contributed by atoms with Crippen LogP contribution in [0.15, 0.2) is 35.5 Å². The average Bonchev–Trinajstić information content (AvgIpc) is 2.53. The van der Waals surface area contributed by atoms with E-state index >= 15 is 0 Å². The largest absolute Gasteiger partial charge is 0.494 e. The van der Waals surface area contributed by atoms with E-state index in [-0.39, 0.29) is 12.0 Å². The van der Waals surface area contributed by atoms with Crippen molar-refractivity contribution in [3.8, 4) is 5.75 Å². The number of hydrogen-bond acceptors (Lipinski definition) is 4. The lowest BCUT2D eigenvalue weighted by atomic mass is 9.94. The third-order valence-electron chi connectivity index (χ3n) is 3.78.